The predicted molar refractivity (Wildman–Crippen MR) is 67.7 cm³/mol. The quantitative estimate of drug-likeness (QED) is 0.723. The first-order valence-electron chi connectivity index (χ1n) is 5.81. The first-order chi connectivity index (χ1) is 7.67. The normalized spacial score (nSPS) is 9.00. The number of aryl methyl sites for hydroxylation is 1. The minimum Gasteiger partial charge on any atom is -0.465 e. The van der Waals surface area contributed by atoms with Gasteiger partial charge in [0.2, 0.25) is 0 Å². The number of hydrogen-bond donors (Lipinski definition) is 0. The number of carbonyl (C=O) groups is 1. The maximum atomic E-state index is 11.0. The highest BCUT2D eigenvalue weighted by Crippen LogP contribution is 2.07. The van der Waals surface area contributed by atoms with E-state index >= 15 is 0 Å². The van der Waals surface area contributed by atoms with E-state index in [4.69, 9.17) is 0 Å². The van der Waals surface area contributed by atoms with Crippen molar-refractivity contribution in [2.24, 2.45) is 0 Å². The van der Waals surface area contributed by atoms with Gasteiger partial charge in [-0.25, -0.2) is 4.79 Å². The summed E-state index contributed by atoms with van der Waals surface area (Å²) in [7, 11) is 1.38. The number of hydrogen-bond acceptors (Lipinski definition) is 2. The zero-order chi connectivity index (χ0) is 12.4. The Labute approximate surface area is 98.6 Å². The molecule has 1 aromatic carbocycles. The first-order valence-corrected chi connectivity index (χ1v) is 5.81. The largest absolute Gasteiger partial charge is 0.465 e. The van der Waals surface area contributed by atoms with Gasteiger partial charge in [0.1, 0.15) is 0 Å². The molecule has 2 heteroatoms. The maximum absolute atomic E-state index is 11.0. The second-order valence-corrected chi connectivity index (χ2v) is 3.66. The van der Waals surface area contributed by atoms with E-state index in [9.17, 15) is 4.79 Å². The molecule has 0 radical (unpaired) electrons. The third-order valence-electron chi connectivity index (χ3n) is 2.26. The molecule has 16 heavy (non-hydrogen) atoms. The lowest BCUT2D eigenvalue weighted by atomic mass is 10.1. The number of methoxy groups -OCH3 is 1. The van der Waals surface area contributed by atoms with Crippen LogP contribution in [0.5, 0.6) is 0 Å². The van der Waals surface area contributed by atoms with Crippen molar-refractivity contribution < 1.29 is 9.53 Å². The van der Waals surface area contributed by atoms with Crippen LogP contribution in [0.15, 0.2) is 24.3 Å². The lowest BCUT2D eigenvalue weighted by Gasteiger charge is -2.00. The molecule has 0 unspecified atom stereocenters. The molecule has 0 fully saturated rings. The van der Waals surface area contributed by atoms with E-state index in [1.807, 2.05) is 25.1 Å². The molecule has 90 valence electrons. The summed E-state index contributed by atoms with van der Waals surface area (Å²) in [4.78, 5) is 11.0. The molecular formula is C14H22O2. The summed E-state index contributed by atoms with van der Waals surface area (Å²) in [5.74, 6) is -0.275. The second kappa shape index (κ2) is 8.96. The minimum absolute atomic E-state index is 0.275. The Morgan fingerprint density at radius 3 is 2.12 bits per heavy atom. The molecule has 0 bridgehead atoms. The summed E-state index contributed by atoms with van der Waals surface area (Å²) in [6.45, 7) is 6.30. The average molecular weight is 222 g/mol. The molecular weight excluding hydrogens is 200 g/mol. The Bertz CT molecular complexity index is 303. The van der Waals surface area contributed by atoms with Gasteiger partial charge < -0.3 is 4.74 Å². The molecule has 0 aliphatic heterocycles. The van der Waals surface area contributed by atoms with Gasteiger partial charge in [-0.05, 0) is 18.6 Å². The summed E-state index contributed by atoms with van der Waals surface area (Å²) >= 11 is 0. The van der Waals surface area contributed by atoms with Crippen molar-refractivity contribution in [3.05, 3.63) is 35.4 Å². The number of benzene rings is 1. The predicted octanol–water partition coefficient (Wildman–Crippen LogP) is 3.98. The number of ether oxygens (including phenoxy) is 1. The average Bonchev–Trinajstić information content (AvgIpc) is 2.31. The first kappa shape index (κ1) is 14.7. The van der Waals surface area contributed by atoms with Gasteiger partial charge in [-0.2, -0.15) is 0 Å². The Kier molecular flexibility index (Phi) is 8.22. The highest BCUT2D eigenvalue weighted by molar-refractivity contribution is 5.90. The Morgan fingerprint density at radius 2 is 1.75 bits per heavy atom. The topological polar surface area (TPSA) is 26.3 Å². The van der Waals surface area contributed by atoms with Gasteiger partial charge in [0, 0.05) is 0 Å². The Morgan fingerprint density at radius 1 is 1.19 bits per heavy atom. The van der Waals surface area contributed by atoms with E-state index in [-0.39, 0.29) is 5.97 Å². The van der Waals surface area contributed by atoms with Gasteiger partial charge in [-0.1, -0.05) is 51.3 Å². The van der Waals surface area contributed by atoms with Crippen LogP contribution in [-0.2, 0) is 4.74 Å². The fourth-order valence-electron chi connectivity index (χ4n) is 1.27. The van der Waals surface area contributed by atoms with Crippen LogP contribution in [0.2, 0.25) is 0 Å². The summed E-state index contributed by atoms with van der Waals surface area (Å²) in [6, 6.07) is 7.34. The highest BCUT2D eigenvalue weighted by atomic mass is 16.5. The van der Waals surface area contributed by atoms with Crippen LogP contribution in [0.25, 0.3) is 0 Å². The smallest absolute Gasteiger partial charge is 0.338 e. The third-order valence-corrected chi connectivity index (χ3v) is 2.26. The molecule has 0 saturated heterocycles. The molecule has 1 rings (SSSR count). The molecule has 0 spiro atoms. The maximum Gasteiger partial charge on any atom is 0.338 e. The fraction of sp³-hybridized carbons (Fsp3) is 0.500. The number of carbonyl (C=O) groups excluding carboxylic acids is 1. The van der Waals surface area contributed by atoms with E-state index in [2.05, 4.69) is 18.6 Å². The van der Waals surface area contributed by atoms with Crippen molar-refractivity contribution in [3.8, 4) is 0 Å². The lowest BCUT2D eigenvalue weighted by molar-refractivity contribution is 0.0600. The van der Waals surface area contributed by atoms with Crippen LogP contribution in [0.3, 0.4) is 0 Å². The Hall–Kier alpha value is -1.31. The molecule has 0 saturated carbocycles. The second-order valence-electron chi connectivity index (χ2n) is 3.66. The van der Waals surface area contributed by atoms with Crippen LogP contribution in [0, 0.1) is 6.92 Å². The van der Waals surface area contributed by atoms with Crippen molar-refractivity contribution in [1.29, 1.82) is 0 Å². The van der Waals surface area contributed by atoms with Gasteiger partial charge in [0.05, 0.1) is 12.7 Å². The van der Waals surface area contributed by atoms with Crippen molar-refractivity contribution in [2.75, 3.05) is 7.11 Å². The van der Waals surface area contributed by atoms with Crippen LogP contribution in [0.1, 0.15) is 49.0 Å². The van der Waals surface area contributed by atoms with Gasteiger partial charge in [-0.3, -0.25) is 0 Å². The molecule has 0 aliphatic carbocycles. The standard InChI is InChI=1S/C9H10O2.C5H12/c1-7-5-3-4-6-8(7)9(10)11-2;1-3-5-4-2/h3-6H,1-2H3;3-5H2,1-2H3. The minimum atomic E-state index is -0.275. The van der Waals surface area contributed by atoms with Crippen molar-refractivity contribution >= 4 is 5.97 Å². The lowest BCUT2D eigenvalue weighted by Crippen LogP contribution is -2.02. The fourth-order valence-corrected chi connectivity index (χ4v) is 1.27. The van der Waals surface area contributed by atoms with Crippen molar-refractivity contribution in [1.82, 2.24) is 0 Å². The SMILES string of the molecule is CCCCC.COC(=O)c1ccccc1C. The molecule has 1 aromatic rings. The van der Waals surface area contributed by atoms with Gasteiger partial charge in [-0.15, -0.1) is 0 Å². The van der Waals surface area contributed by atoms with Crippen LogP contribution < -0.4 is 0 Å². The molecule has 0 amide bonds. The summed E-state index contributed by atoms with van der Waals surface area (Å²) in [5, 5.41) is 0. The van der Waals surface area contributed by atoms with Gasteiger partial charge in [0.15, 0.2) is 0 Å². The summed E-state index contributed by atoms with van der Waals surface area (Å²) in [5.41, 5.74) is 1.58. The summed E-state index contributed by atoms with van der Waals surface area (Å²) in [6.07, 6.45) is 4.08. The van der Waals surface area contributed by atoms with E-state index in [1.54, 1.807) is 6.07 Å². The molecule has 2 nitrogen and oxygen atoms in total. The van der Waals surface area contributed by atoms with Gasteiger partial charge in [0.25, 0.3) is 0 Å². The van der Waals surface area contributed by atoms with E-state index in [1.165, 1.54) is 26.4 Å². The van der Waals surface area contributed by atoms with Crippen LogP contribution in [0.4, 0.5) is 0 Å². The molecule has 0 aliphatic rings. The van der Waals surface area contributed by atoms with Crippen molar-refractivity contribution in [3.63, 3.8) is 0 Å². The Balaban J connectivity index is 0.000000385. The van der Waals surface area contributed by atoms with E-state index < -0.39 is 0 Å². The zero-order valence-corrected chi connectivity index (χ0v) is 10.7. The van der Waals surface area contributed by atoms with Crippen LogP contribution in [-0.4, -0.2) is 13.1 Å². The molecule has 0 atom stereocenters. The molecule has 0 aromatic heterocycles. The third kappa shape index (κ3) is 5.54. The molecule has 0 heterocycles. The van der Waals surface area contributed by atoms with E-state index in [0.717, 1.165) is 5.56 Å². The van der Waals surface area contributed by atoms with Crippen LogP contribution >= 0.6 is 0 Å². The zero-order valence-electron chi connectivity index (χ0n) is 10.7. The number of unbranched alkanes of at least 4 members (excludes halogenated alkanes) is 2. The number of esters is 1. The molecule has 0 N–H and O–H groups in total. The van der Waals surface area contributed by atoms with E-state index in [0.29, 0.717) is 5.56 Å². The van der Waals surface area contributed by atoms with Gasteiger partial charge >= 0.3 is 5.97 Å². The highest BCUT2D eigenvalue weighted by Gasteiger charge is 2.05. The number of rotatable bonds is 3. The summed E-state index contributed by atoms with van der Waals surface area (Å²) < 4.78 is 4.58. The van der Waals surface area contributed by atoms with Crippen molar-refractivity contribution in [2.45, 2.75) is 40.0 Å². The monoisotopic (exact) mass is 222 g/mol.